The van der Waals surface area contributed by atoms with Gasteiger partial charge in [0.2, 0.25) is 0 Å². The number of ether oxygens (including phenoxy) is 1. The van der Waals surface area contributed by atoms with Gasteiger partial charge in [-0.15, -0.1) is 11.0 Å². The highest BCUT2D eigenvalue weighted by molar-refractivity contribution is 6.22. The van der Waals surface area contributed by atoms with E-state index < -0.39 is 5.60 Å². The lowest BCUT2D eigenvalue weighted by Gasteiger charge is -2.37. The van der Waals surface area contributed by atoms with E-state index in [0.717, 1.165) is 35.7 Å². The second-order valence-corrected chi connectivity index (χ2v) is 6.82. The summed E-state index contributed by atoms with van der Waals surface area (Å²) in [5.74, 6) is 0. The van der Waals surface area contributed by atoms with E-state index in [2.05, 4.69) is 6.58 Å². The van der Waals surface area contributed by atoms with E-state index >= 15 is 0 Å². The van der Waals surface area contributed by atoms with Crippen LogP contribution in [0, 0.1) is 0 Å². The Balaban J connectivity index is 2.68. The van der Waals surface area contributed by atoms with Crippen LogP contribution in [0.4, 0.5) is 4.79 Å². The zero-order chi connectivity index (χ0) is 12.3. The van der Waals surface area contributed by atoms with Gasteiger partial charge >= 0.3 is 6.09 Å². The maximum atomic E-state index is 12.0. The molecule has 1 heterocycles. The molecule has 1 amide bonds. The molecule has 0 aromatic heterocycles. The summed E-state index contributed by atoms with van der Waals surface area (Å²) in [5.41, 5.74) is -0.411. The third-order valence-electron chi connectivity index (χ3n) is 2.70. The molecule has 1 aliphatic heterocycles. The maximum Gasteiger partial charge on any atom is 0.410 e. The number of hydrogen-bond donors (Lipinski definition) is 0. The number of carbonyl (C=O) groups is 1. The smallest absolute Gasteiger partial charge is 0.410 e. The Morgan fingerprint density at radius 3 is 2.56 bits per heavy atom. The summed E-state index contributed by atoms with van der Waals surface area (Å²) in [4.78, 5) is 13.9. The number of piperidine rings is 1. The molecule has 0 bridgehead atoms. The first-order chi connectivity index (χ1) is 7.31. The average Bonchev–Trinajstić information content (AvgIpc) is 2.15. The number of nitrogens with zero attached hydrogens (tertiary/aromatic N) is 1. The fraction of sp³-hybridized carbons (Fsp3) is 0.750. The lowest BCUT2D eigenvalue weighted by atomic mass is 10.0. The van der Waals surface area contributed by atoms with Crippen molar-refractivity contribution in [2.75, 3.05) is 6.54 Å². The van der Waals surface area contributed by atoms with Crippen LogP contribution in [0.15, 0.2) is 11.0 Å². The summed E-state index contributed by atoms with van der Waals surface area (Å²) in [6.07, 6.45) is 3.12. The second-order valence-electron chi connectivity index (χ2n) is 5.53. The molecular weight excluding hydrogens is 217 g/mol. The van der Waals surface area contributed by atoms with E-state index in [0.29, 0.717) is 0 Å². The summed E-state index contributed by atoms with van der Waals surface area (Å²) >= 11 is 0.942. The van der Waals surface area contributed by atoms with Crippen LogP contribution in [0.3, 0.4) is 0 Å². The largest absolute Gasteiger partial charge is 0.444 e. The molecule has 0 radical (unpaired) electrons. The fourth-order valence-electron chi connectivity index (χ4n) is 1.98. The van der Waals surface area contributed by atoms with Crippen LogP contribution < -0.4 is 0 Å². The highest BCUT2D eigenvalue weighted by Gasteiger charge is 2.30. The number of hydrogen-bond acceptors (Lipinski definition) is 2. The highest BCUT2D eigenvalue weighted by Crippen LogP contribution is 2.23. The molecule has 0 aromatic carbocycles. The Hall–Kier alpha value is -0.458. The number of carbonyl (C=O) groups excluding carboxylic acids is 1. The standard InChI is InChI=1S/C12H20NO2.Al.2H/c1-5-10-8-6-7-9-13(10)11(14)15-12(2,3)4;;;/h10H,1,6-9H2,2-4H3;;;. The summed E-state index contributed by atoms with van der Waals surface area (Å²) in [7, 11) is 0. The Labute approximate surface area is 106 Å². The molecule has 1 saturated heterocycles. The predicted octanol–water partition coefficient (Wildman–Crippen LogP) is 1.92. The van der Waals surface area contributed by atoms with Gasteiger partial charge < -0.3 is 9.64 Å². The quantitative estimate of drug-likeness (QED) is 0.654. The number of likely N-dealkylation sites (tertiary alicyclic amines) is 1. The third kappa shape index (κ3) is 3.84. The monoisotopic (exact) mass is 239 g/mol. The molecule has 0 saturated carbocycles. The summed E-state index contributed by atoms with van der Waals surface area (Å²) in [5, 5.41) is 0. The lowest BCUT2D eigenvalue weighted by Crippen LogP contribution is -2.46. The third-order valence-corrected chi connectivity index (χ3v) is 3.37. The number of rotatable bonds is 1. The fourth-order valence-corrected chi connectivity index (χ4v) is 2.58. The summed E-state index contributed by atoms with van der Waals surface area (Å²) in [6.45, 7) is 10.5. The molecule has 4 heteroatoms. The SMILES string of the molecule is C=[C]([AlH2])C1CCCCN1C(=O)OC(C)(C)C. The van der Waals surface area contributed by atoms with Gasteiger partial charge in [-0.3, -0.25) is 0 Å². The Kier molecular flexibility index (Phi) is 4.46. The van der Waals surface area contributed by atoms with Crippen LogP contribution in [0.5, 0.6) is 0 Å². The minimum Gasteiger partial charge on any atom is -0.444 e. The van der Waals surface area contributed by atoms with Crippen molar-refractivity contribution in [3.8, 4) is 0 Å². The molecule has 3 nitrogen and oxygen atoms in total. The second kappa shape index (κ2) is 5.25. The van der Waals surface area contributed by atoms with Gasteiger partial charge in [-0.25, -0.2) is 4.79 Å². The van der Waals surface area contributed by atoms with Gasteiger partial charge in [0, 0.05) is 12.6 Å². The van der Waals surface area contributed by atoms with Crippen molar-refractivity contribution in [1.82, 2.24) is 4.90 Å². The zero-order valence-corrected chi connectivity index (χ0v) is 12.9. The van der Waals surface area contributed by atoms with Crippen LogP contribution in [-0.2, 0) is 4.74 Å². The topological polar surface area (TPSA) is 29.5 Å². The van der Waals surface area contributed by atoms with Gasteiger partial charge in [-0.1, -0.05) is 0 Å². The molecule has 0 aromatic rings. The molecule has 16 heavy (non-hydrogen) atoms. The maximum absolute atomic E-state index is 12.0. The minimum atomic E-state index is -0.411. The Morgan fingerprint density at radius 2 is 2.06 bits per heavy atom. The van der Waals surface area contributed by atoms with E-state index in [1.807, 2.05) is 25.7 Å². The Morgan fingerprint density at radius 1 is 1.44 bits per heavy atom. The van der Waals surface area contributed by atoms with Crippen molar-refractivity contribution >= 4 is 22.4 Å². The van der Waals surface area contributed by atoms with Crippen molar-refractivity contribution in [1.29, 1.82) is 0 Å². The summed E-state index contributed by atoms with van der Waals surface area (Å²) < 4.78 is 6.60. The number of amides is 1. The van der Waals surface area contributed by atoms with Crippen LogP contribution in [0.1, 0.15) is 40.0 Å². The first-order valence-electron chi connectivity index (χ1n) is 5.96. The van der Waals surface area contributed by atoms with Gasteiger partial charge in [0.05, 0.1) is 0 Å². The zero-order valence-electron chi connectivity index (χ0n) is 10.9. The van der Waals surface area contributed by atoms with Gasteiger partial charge in [-0.2, -0.15) is 0 Å². The summed E-state index contributed by atoms with van der Waals surface area (Å²) in [6, 6.07) is 0.218. The normalized spacial score (nSPS) is 21.7. The van der Waals surface area contributed by atoms with E-state index in [1.54, 1.807) is 0 Å². The molecule has 1 rings (SSSR count). The van der Waals surface area contributed by atoms with E-state index in [4.69, 9.17) is 4.74 Å². The Bertz CT molecular complexity index is 283. The van der Waals surface area contributed by atoms with Crippen LogP contribution in [0.25, 0.3) is 0 Å². The highest BCUT2D eigenvalue weighted by atomic mass is 27.0. The van der Waals surface area contributed by atoms with Crippen molar-refractivity contribution in [2.24, 2.45) is 0 Å². The molecule has 1 aliphatic rings. The van der Waals surface area contributed by atoms with Gasteiger partial charge in [-0.05, 0) is 40.0 Å². The molecule has 90 valence electrons. The van der Waals surface area contributed by atoms with Crippen LogP contribution in [-0.4, -0.2) is 45.5 Å². The molecular formula is C12H22AlNO2. The van der Waals surface area contributed by atoms with Crippen molar-refractivity contribution in [2.45, 2.75) is 51.7 Å². The lowest BCUT2D eigenvalue weighted by molar-refractivity contribution is 0.0145. The first kappa shape index (κ1) is 13.6. The first-order valence-corrected chi connectivity index (χ1v) is 6.96. The van der Waals surface area contributed by atoms with Crippen LogP contribution in [0.2, 0.25) is 0 Å². The van der Waals surface area contributed by atoms with Gasteiger partial charge in [0.1, 0.15) is 5.60 Å². The van der Waals surface area contributed by atoms with Crippen molar-refractivity contribution in [3.63, 3.8) is 0 Å². The molecule has 0 N–H and O–H groups in total. The molecule has 0 spiro atoms. The van der Waals surface area contributed by atoms with Gasteiger partial charge in [0.15, 0.2) is 0 Å². The van der Waals surface area contributed by atoms with Crippen molar-refractivity contribution < 1.29 is 9.53 Å². The molecule has 1 unspecified atom stereocenters. The van der Waals surface area contributed by atoms with Crippen molar-refractivity contribution in [3.05, 3.63) is 11.0 Å². The average molecular weight is 239 g/mol. The van der Waals surface area contributed by atoms with E-state index in [1.165, 1.54) is 10.9 Å². The minimum absolute atomic E-state index is 0.186. The molecule has 1 fully saturated rings. The molecule has 0 aliphatic carbocycles. The van der Waals surface area contributed by atoms with E-state index in [9.17, 15) is 4.79 Å². The molecule has 1 atom stereocenters. The van der Waals surface area contributed by atoms with E-state index in [-0.39, 0.29) is 12.1 Å². The van der Waals surface area contributed by atoms with Gasteiger partial charge in [0.25, 0.3) is 16.3 Å². The van der Waals surface area contributed by atoms with Crippen LogP contribution >= 0.6 is 0 Å². The predicted molar refractivity (Wildman–Crippen MR) is 68.3 cm³/mol.